The molecule has 1 aromatic rings. The molecule has 6 heteroatoms. The Morgan fingerprint density at radius 3 is 2.12 bits per heavy atom. The molecule has 2 atom stereocenters. The number of ether oxygens (including phenoxy) is 2. The van der Waals surface area contributed by atoms with Crippen LogP contribution >= 0.6 is 46.4 Å². The Bertz CT molecular complexity index is 527. The maximum atomic E-state index is 6.08. The van der Waals surface area contributed by atoms with Crippen LogP contribution in [-0.2, 0) is 0 Å². The highest BCUT2D eigenvalue weighted by Crippen LogP contribution is 2.53. The summed E-state index contributed by atoms with van der Waals surface area (Å²) in [5.74, 6) is 0.731. The van der Waals surface area contributed by atoms with E-state index in [-0.39, 0.29) is 32.3 Å². The van der Waals surface area contributed by atoms with Crippen molar-refractivity contribution >= 4 is 46.4 Å². The third-order valence-corrected chi connectivity index (χ3v) is 4.53. The van der Waals surface area contributed by atoms with Crippen LogP contribution in [0.1, 0.15) is 6.42 Å². The third kappa shape index (κ3) is 1.70. The fourth-order valence-corrected chi connectivity index (χ4v) is 2.83. The lowest BCUT2D eigenvalue weighted by molar-refractivity contribution is 0.0592. The zero-order valence-electron chi connectivity index (χ0n) is 8.34. The highest BCUT2D eigenvalue weighted by Gasteiger charge is 2.36. The number of fused-ring (bicyclic) bond motifs is 2. The first-order valence-corrected chi connectivity index (χ1v) is 6.46. The van der Waals surface area contributed by atoms with Crippen molar-refractivity contribution in [1.82, 2.24) is 0 Å². The second-order valence-corrected chi connectivity index (χ2v) is 5.33. The summed E-state index contributed by atoms with van der Waals surface area (Å²) >= 11 is 24.1. The molecule has 17 heavy (non-hydrogen) atoms. The molecule has 0 unspecified atom stereocenters. The fourth-order valence-electron chi connectivity index (χ4n) is 1.92. The van der Waals surface area contributed by atoms with Gasteiger partial charge >= 0.3 is 0 Å². The van der Waals surface area contributed by atoms with Crippen LogP contribution in [0.5, 0.6) is 11.5 Å². The minimum absolute atomic E-state index is 0.0756. The van der Waals surface area contributed by atoms with Gasteiger partial charge in [-0.2, -0.15) is 0 Å². The van der Waals surface area contributed by atoms with Gasteiger partial charge in [0, 0.05) is 6.42 Å². The van der Waals surface area contributed by atoms with Crippen LogP contribution in [0.2, 0.25) is 20.1 Å². The van der Waals surface area contributed by atoms with Crippen LogP contribution in [-0.4, -0.2) is 12.2 Å². The van der Waals surface area contributed by atoms with Crippen LogP contribution in [0.4, 0.5) is 0 Å². The summed E-state index contributed by atoms with van der Waals surface area (Å²) in [4.78, 5) is 0. The van der Waals surface area contributed by atoms with Gasteiger partial charge in [0.15, 0.2) is 17.6 Å². The molecule has 2 nitrogen and oxygen atoms in total. The van der Waals surface area contributed by atoms with Gasteiger partial charge in [-0.25, -0.2) is 0 Å². The molecular formula is C11H6Cl4O2. The maximum Gasteiger partial charge on any atom is 0.184 e. The molecule has 1 aliphatic carbocycles. The van der Waals surface area contributed by atoms with E-state index in [0.29, 0.717) is 11.5 Å². The molecule has 1 aromatic carbocycles. The molecule has 0 spiro atoms. The van der Waals surface area contributed by atoms with Crippen molar-refractivity contribution in [3.63, 3.8) is 0 Å². The SMILES string of the molecule is Clc1c(Cl)c(Cl)c2c(c1Cl)O[C@@H]1C=CC[C@H]1O2. The highest BCUT2D eigenvalue weighted by atomic mass is 35.5. The summed E-state index contributed by atoms with van der Waals surface area (Å²) < 4.78 is 11.5. The van der Waals surface area contributed by atoms with Crippen LogP contribution in [0, 0.1) is 0 Å². The van der Waals surface area contributed by atoms with Gasteiger partial charge in [0.25, 0.3) is 0 Å². The Labute approximate surface area is 118 Å². The van der Waals surface area contributed by atoms with Crippen LogP contribution in [0.15, 0.2) is 12.2 Å². The molecule has 0 fully saturated rings. The van der Waals surface area contributed by atoms with Gasteiger partial charge in [-0.3, -0.25) is 0 Å². The van der Waals surface area contributed by atoms with E-state index in [9.17, 15) is 0 Å². The largest absolute Gasteiger partial charge is 0.480 e. The molecule has 0 saturated heterocycles. The van der Waals surface area contributed by atoms with Crippen molar-refractivity contribution in [2.45, 2.75) is 18.6 Å². The van der Waals surface area contributed by atoms with Crippen molar-refractivity contribution in [3.05, 3.63) is 32.2 Å². The summed E-state index contributed by atoms with van der Waals surface area (Å²) in [6.45, 7) is 0. The summed E-state index contributed by atoms with van der Waals surface area (Å²) in [5.41, 5.74) is 0. The van der Waals surface area contributed by atoms with Crippen LogP contribution in [0.25, 0.3) is 0 Å². The normalized spacial score (nSPS) is 24.9. The minimum atomic E-state index is -0.145. The predicted octanol–water partition coefficient (Wildman–Crippen LogP) is 4.77. The van der Waals surface area contributed by atoms with E-state index in [4.69, 9.17) is 55.9 Å². The van der Waals surface area contributed by atoms with Crippen molar-refractivity contribution < 1.29 is 9.47 Å². The Kier molecular flexibility index (Phi) is 2.86. The maximum absolute atomic E-state index is 6.08. The number of rotatable bonds is 0. The second-order valence-electron chi connectivity index (χ2n) is 3.82. The average molecular weight is 312 g/mol. The Hall–Kier alpha value is -0.280. The van der Waals surface area contributed by atoms with E-state index in [0.717, 1.165) is 6.42 Å². The quantitative estimate of drug-likeness (QED) is 0.390. The molecule has 0 amide bonds. The minimum Gasteiger partial charge on any atom is -0.480 e. The smallest absolute Gasteiger partial charge is 0.184 e. The molecule has 0 bridgehead atoms. The van der Waals surface area contributed by atoms with Gasteiger partial charge in [-0.05, 0) is 6.08 Å². The number of hydrogen-bond donors (Lipinski definition) is 0. The van der Waals surface area contributed by atoms with Crippen LogP contribution in [0.3, 0.4) is 0 Å². The second kappa shape index (κ2) is 4.13. The van der Waals surface area contributed by atoms with E-state index in [1.165, 1.54) is 0 Å². The van der Waals surface area contributed by atoms with Gasteiger partial charge in [0.05, 0.1) is 10.0 Å². The Balaban J connectivity index is 2.17. The van der Waals surface area contributed by atoms with Crippen molar-refractivity contribution in [2.75, 3.05) is 0 Å². The van der Waals surface area contributed by atoms with Gasteiger partial charge < -0.3 is 9.47 Å². The Morgan fingerprint density at radius 1 is 0.882 bits per heavy atom. The van der Waals surface area contributed by atoms with Gasteiger partial charge in [-0.1, -0.05) is 52.5 Å². The monoisotopic (exact) mass is 310 g/mol. The van der Waals surface area contributed by atoms with Crippen molar-refractivity contribution in [3.8, 4) is 11.5 Å². The van der Waals surface area contributed by atoms with Crippen LogP contribution < -0.4 is 9.47 Å². The first kappa shape index (κ1) is 11.8. The first-order chi connectivity index (χ1) is 8.09. The molecular weight excluding hydrogens is 306 g/mol. The lowest BCUT2D eigenvalue weighted by Crippen LogP contribution is -2.35. The highest BCUT2D eigenvalue weighted by molar-refractivity contribution is 6.53. The Morgan fingerprint density at radius 2 is 1.47 bits per heavy atom. The fraction of sp³-hybridized carbons (Fsp3) is 0.273. The zero-order valence-corrected chi connectivity index (χ0v) is 11.4. The number of hydrogen-bond acceptors (Lipinski definition) is 2. The summed E-state index contributed by atoms with van der Waals surface area (Å²) in [7, 11) is 0. The summed E-state index contributed by atoms with van der Waals surface area (Å²) in [5, 5.41) is 0.836. The van der Waals surface area contributed by atoms with E-state index < -0.39 is 0 Å². The summed E-state index contributed by atoms with van der Waals surface area (Å²) in [6.07, 6.45) is 4.48. The molecule has 1 heterocycles. The molecule has 0 aromatic heterocycles. The van der Waals surface area contributed by atoms with Crippen molar-refractivity contribution in [2.24, 2.45) is 0 Å². The predicted molar refractivity (Wildman–Crippen MR) is 69.1 cm³/mol. The number of halogens is 4. The lowest BCUT2D eigenvalue weighted by atomic mass is 10.2. The van der Waals surface area contributed by atoms with E-state index in [2.05, 4.69) is 0 Å². The van der Waals surface area contributed by atoms with E-state index in [1.54, 1.807) is 0 Å². The molecule has 1 aliphatic heterocycles. The molecule has 3 rings (SSSR count). The molecule has 0 radical (unpaired) electrons. The van der Waals surface area contributed by atoms with E-state index in [1.807, 2.05) is 12.2 Å². The first-order valence-electron chi connectivity index (χ1n) is 4.95. The third-order valence-electron chi connectivity index (χ3n) is 2.77. The molecule has 90 valence electrons. The summed E-state index contributed by atoms with van der Waals surface area (Å²) in [6, 6.07) is 0. The molecule has 0 saturated carbocycles. The average Bonchev–Trinajstić information content (AvgIpc) is 2.79. The zero-order chi connectivity index (χ0) is 12.2. The standard InChI is InChI=1S/C11H6Cl4O2/c12-6-7(13)9(15)11-10(8(6)14)16-4-2-1-3-5(4)17-11/h1-2,4-5H,3H2/t4-,5-/m1/s1. The van der Waals surface area contributed by atoms with E-state index >= 15 is 0 Å². The topological polar surface area (TPSA) is 18.5 Å². The molecule has 0 N–H and O–H groups in total. The number of benzene rings is 1. The lowest BCUT2D eigenvalue weighted by Gasteiger charge is -2.31. The van der Waals surface area contributed by atoms with Crippen molar-refractivity contribution in [1.29, 1.82) is 0 Å². The van der Waals surface area contributed by atoms with Gasteiger partial charge in [0.2, 0.25) is 0 Å². The van der Waals surface area contributed by atoms with Gasteiger partial charge in [-0.15, -0.1) is 0 Å². The van der Waals surface area contributed by atoms with Gasteiger partial charge in [0.1, 0.15) is 16.1 Å². The molecule has 2 aliphatic rings.